The first kappa shape index (κ1) is 15.8. The lowest BCUT2D eigenvalue weighted by Crippen LogP contribution is -2.31. The van der Waals surface area contributed by atoms with E-state index in [-0.39, 0.29) is 5.91 Å². The van der Waals surface area contributed by atoms with Crippen LogP contribution < -0.4 is 10.6 Å². The van der Waals surface area contributed by atoms with Crippen molar-refractivity contribution in [1.82, 2.24) is 10.6 Å². The minimum atomic E-state index is 0.283. The molecule has 1 aliphatic carbocycles. The zero-order chi connectivity index (χ0) is 14.0. The Morgan fingerprint density at radius 3 is 2.25 bits per heavy atom. The van der Waals surface area contributed by atoms with Gasteiger partial charge in [0.25, 0.3) is 0 Å². The minimum Gasteiger partial charge on any atom is -0.356 e. The molecule has 1 aliphatic heterocycles. The summed E-state index contributed by atoms with van der Waals surface area (Å²) in [6.45, 7) is 3.19. The van der Waals surface area contributed by atoms with Crippen LogP contribution in [0.1, 0.15) is 70.6 Å². The maximum absolute atomic E-state index is 12.0. The molecule has 0 radical (unpaired) electrons. The number of carbonyl (C=O) groups excluding carboxylic acids is 1. The Morgan fingerprint density at radius 2 is 1.55 bits per heavy atom. The lowest BCUT2D eigenvalue weighted by Gasteiger charge is -2.23. The average Bonchev–Trinajstić information content (AvgIpc) is 2.45. The van der Waals surface area contributed by atoms with Gasteiger partial charge in [0.15, 0.2) is 0 Å². The molecule has 0 aromatic rings. The number of piperidine rings is 1. The van der Waals surface area contributed by atoms with Crippen molar-refractivity contribution in [2.75, 3.05) is 19.6 Å². The third-order valence-electron chi connectivity index (χ3n) is 5.05. The maximum Gasteiger partial charge on any atom is 0.220 e. The first-order chi connectivity index (χ1) is 9.84. The van der Waals surface area contributed by atoms with Crippen LogP contribution >= 0.6 is 0 Å². The zero-order valence-electron chi connectivity index (χ0n) is 13.0. The van der Waals surface area contributed by atoms with Gasteiger partial charge < -0.3 is 10.6 Å². The molecule has 3 nitrogen and oxygen atoms in total. The van der Waals surface area contributed by atoms with Gasteiger partial charge in [0.05, 0.1) is 0 Å². The fraction of sp³-hybridized carbons (Fsp3) is 0.941. The van der Waals surface area contributed by atoms with Crippen molar-refractivity contribution >= 4 is 5.91 Å². The van der Waals surface area contributed by atoms with Crippen molar-refractivity contribution in [3.05, 3.63) is 0 Å². The van der Waals surface area contributed by atoms with E-state index in [0.29, 0.717) is 0 Å². The summed E-state index contributed by atoms with van der Waals surface area (Å²) in [4.78, 5) is 12.0. The molecule has 0 aromatic carbocycles. The van der Waals surface area contributed by atoms with Gasteiger partial charge in [-0.15, -0.1) is 0 Å². The van der Waals surface area contributed by atoms with Gasteiger partial charge in [0.1, 0.15) is 0 Å². The molecule has 0 unspecified atom stereocenters. The Balaban J connectivity index is 1.56. The number of hydrogen-bond acceptors (Lipinski definition) is 2. The second kappa shape index (κ2) is 9.38. The molecule has 1 amide bonds. The molecule has 116 valence electrons. The average molecular weight is 280 g/mol. The van der Waals surface area contributed by atoms with Gasteiger partial charge in [-0.2, -0.15) is 0 Å². The molecule has 2 aliphatic rings. The van der Waals surface area contributed by atoms with Gasteiger partial charge in [0, 0.05) is 13.0 Å². The van der Waals surface area contributed by atoms with Gasteiger partial charge in [-0.05, 0) is 57.0 Å². The molecule has 0 aromatic heterocycles. The van der Waals surface area contributed by atoms with Crippen LogP contribution in [-0.4, -0.2) is 25.5 Å². The van der Waals surface area contributed by atoms with E-state index in [4.69, 9.17) is 0 Å². The van der Waals surface area contributed by atoms with Crippen LogP contribution in [0.2, 0.25) is 0 Å². The van der Waals surface area contributed by atoms with Crippen LogP contribution in [0.4, 0.5) is 0 Å². The SMILES string of the molecule is O=C(CCC1CCNCC1)NCC1CCCCCCC1. The molecule has 2 N–H and O–H groups in total. The summed E-state index contributed by atoms with van der Waals surface area (Å²) < 4.78 is 0. The van der Waals surface area contributed by atoms with Crippen molar-refractivity contribution in [2.24, 2.45) is 11.8 Å². The highest BCUT2D eigenvalue weighted by Crippen LogP contribution is 2.22. The first-order valence-electron chi connectivity index (χ1n) is 8.82. The molecule has 1 saturated heterocycles. The summed E-state index contributed by atoms with van der Waals surface area (Å²) in [6.07, 6.45) is 13.8. The highest BCUT2D eigenvalue weighted by Gasteiger charge is 2.16. The van der Waals surface area contributed by atoms with E-state index >= 15 is 0 Å². The highest BCUT2D eigenvalue weighted by atomic mass is 16.1. The predicted octanol–water partition coefficient (Wildman–Crippen LogP) is 3.24. The Bertz CT molecular complexity index is 266. The maximum atomic E-state index is 12.0. The van der Waals surface area contributed by atoms with Crippen LogP contribution in [0.5, 0.6) is 0 Å². The standard InChI is InChI=1S/C17H32N2O/c20-17(9-8-15-10-12-18-13-11-15)19-14-16-6-4-2-1-3-5-7-16/h15-16,18H,1-14H2,(H,19,20). The van der Waals surface area contributed by atoms with Gasteiger partial charge in [-0.3, -0.25) is 4.79 Å². The monoisotopic (exact) mass is 280 g/mol. The summed E-state index contributed by atoms with van der Waals surface area (Å²) in [7, 11) is 0. The molecule has 1 heterocycles. The van der Waals surface area contributed by atoms with E-state index in [1.807, 2.05) is 0 Å². The molecular formula is C17H32N2O. The molecule has 0 spiro atoms. The molecule has 1 saturated carbocycles. The first-order valence-corrected chi connectivity index (χ1v) is 8.82. The van der Waals surface area contributed by atoms with Crippen LogP contribution in [0, 0.1) is 11.8 Å². The van der Waals surface area contributed by atoms with Crippen LogP contribution in [-0.2, 0) is 4.79 Å². The molecule has 0 atom stereocenters. The topological polar surface area (TPSA) is 41.1 Å². The Hall–Kier alpha value is -0.570. The van der Waals surface area contributed by atoms with Crippen molar-refractivity contribution in [1.29, 1.82) is 0 Å². The van der Waals surface area contributed by atoms with Crippen molar-refractivity contribution < 1.29 is 4.79 Å². The summed E-state index contributed by atoms with van der Waals surface area (Å²) in [5.74, 6) is 1.78. The minimum absolute atomic E-state index is 0.283. The van der Waals surface area contributed by atoms with Crippen molar-refractivity contribution in [3.8, 4) is 0 Å². The van der Waals surface area contributed by atoms with Gasteiger partial charge in [-0.25, -0.2) is 0 Å². The van der Waals surface area contributed by atoms with Crippen molar-refractivity contribution in [3.63, 3.8) is 0 Å². The molecule has 0 bridgehead atoms. The summed E-state index contributed by atoms with van der Waals surface area (Å²) >= 11 is 0. The van der Waals surface area contributed by atoms with Gasteiger partial charge in [0.2, 0.25) is 5.91 Å². The van der Waals surface area contributed by atoms with Gasteiger partial charge in [-0.1, -0.05) is 32.1 Å². The highest BCUT2D eigenvalue weighted by molar-refractivity contribution is 5.75. The summed E-state index contributed by atoms with van der Waals surface area (Å²) in [5.41, 5.74) is 0. The van der Waals surface area contributed by atoms with Crippen LogP contribution in [0.15, 0.2) is 0 Å². The van der Waals surface area contributed by atoms with Crippen LogP contribution in [0.25, 0.3) is 0 Å². The van der Waals surface area contributed by atoms with E-state index in [9.17, 15) is 4.79 Å². The van der Waals surface area contributed by atoms with E-state index in [1.165, 1.54) is 57.8 Å². The predicted molar refractivity (Wildman–Crippen MR) is 83.6 cm³/mol. The largest absolute Gasteiger partial charge is 0.356 e. The lowest BCUT2D eigenvalue weighted by molar-refractivity contribution is -0.121. The van der Waals surface area contributed by atoms with E-state index in [2.05, 4.69) is 10.6 Å². The summed E-state index contributed by atoms with van der Waals surface area (Å²) in [6, 6.07) is 0. The summed E-state index contributed by atoms with van der Waals surface area (Å²) in [5, 5.41) is 6.57. The fourth-order valence-electron chi connectivity index (χ4n) is 3.60. The van der Waals surface area contributed by atoms with Gasteiger partial charge >= 0.3 is 0 Å². The second-order valence-electron chi connectivity index (χ2n) is 6.75. The molecule has 20 heavy (non-hydrogen) atoms. The second-order valence-corrected chi connectivity index (χ2v) is 6.75. The number of amides is 1. The zero-order valence-corrected chi connectivity index (χ0v) is 13.0. The Labute approximate surface area is 124 Å². The quantitative estimate of drug-likeness (QED) is 0.811. The lowest BCUT2D eigenvalue weighted by atomic mass is 9.91. The van der Waals surface area contributed by atoms with E-state index < -0.39 is 0 Å². The van der Waals surface area contributed by atoms with Crippen LogP contribution in [0.3, 0.4) is 0 Å². The molecule has 2 rings (SSSR count). The number of carbonyl (C=O) groups is 1. The number of rotatable bonds is 5. The molecular weight excluding hydrogens is 248 g/mol. The fourth-order valence-corrected chi connectivity index (χ4v) is 3.60. The Morgan fingerprint density at radius 1 is 0.900 bits per heavy atom. The third kappa shape index (κ3) is 6.25. The molecule has 3 heteroatoms. The molecule has 2 fully saturated rings. The number of hydrogen-bond donors (Lipinski definition) is 2. The third-order valence-corrected chi connectivity index (χ3v) is 5.05. The smallest absolute Gasteiger partial charge is 0.220 e. The normalized spacial score (nSPS) is 23.0. The van der Waals surface area contributed by atoms with E-state index in [0.717, 1.165) is 44.3 Å². The van der Waals surface area contributed by atoms with E-state index in [1.54, 1.807) is 0 Å². The van der Waals surface area contributed by atoms with Crippen molar-refractivity contribution in [2.45, 2.75) is 70.6 Å². The number of nitrogens with one attached hydrogen (secondary N) is 2. The Kier molecular flexibility index (Phi) is 7.42.